The van der Waals surface area contributed by atoms with Crippen LogP contribution in [-0.2, 0) is 4.74 Å². The molecule has 2 atom stereocenters. The van der Waals surface area contributed by atoms with Crippen LogP contribution in [0, 0.1) is 6.92 Å². The molecule has 4 heterocycles. The van der Waals surface area contributed by atoms with Gasteiger partial charge in [0.15, 0.2) is 12.3 Å². The molecule has 2 aliphatic heterocycles. The van der Waals surface area contributed by atoms with Crippen LogP contribution in [0.25, 0.3) is 5.65 Å². The molecule has 2 aromatic heterocycles. The summed E-state index contributed by atoms with van der Waals surface area (Å²) in [7, 11) is 0. The van der Waals surface area contributed by atoms with Crippen molar-refractivity contribution in [1.29, 1.82) is 0 Å². The Hall–Kier alpha value is -3.58. The van der Waals surface area contributed by atoms with Gasteiger partial charge in [0.2, 0.25) is 0 Å². The Kier molecular flexibility index (Phi) is 7.78. The van der Waals surface area contributed by atoms with Crippen molar-refractivity contribution in [3.8, 4) is 0 Å². The second kappa shape index (κ2) is 11.1. The first-order valence-electron chi connectivity index (χ1n) is 13.0. The van der Waals surface area contributed by atoms with E-state index in [4.69, 9.17) is 27.4 Å². The van der Waals surface area contributed by atoms with Crippen LogP contribution in [0.1, 0.15) is 53.3 Å². The normalized spacial score (nSPS) is 19.8. The average Bonchev–Trinajstić information content (AvgIpc) is 3.52. The van der Waals surface area contributed by atoms with Crippen molar-refractivity contribution < 1.29 is 27.5 Å². The number of benzene rings is 1. The summed E-state index contributed by atoms with van der Waals surface area (Å²) in [6.07, 6.45) is -0.929. The van der Waals surface area contributed by atoms with Crippen molar-refractivity contribution in [2.75, 3.05) is 36.5 Å². The lowest BCUT2D eigenvalue weighted by molar-refractivity contribution is -0.159. The Bertz CT molecular complexity index is 1430. The fourth-order valence-corrected chi connectivity index (χ4v) is 5.39. The van der Waals surface area contributed by atoms with Gasteiger partial charge in [0, 0.05) is 48.5 Å². The number of hydrogen-bond donors (Lipinski definition) is 2. The molecule has 0 bridgehead atoms. The first-order valence-corrected chi connectivity index (χ1v) is 13.3. The Morgan fingerprint density at radius 3 is 2.73 bits per heavy atom. The number of nitrogens with zero attached hydrogens (tertiary/aromatic N) is 5. The topological polar surface area (TPSA) is 118 Å². The molecule has 2 fully saturated rings. The number of piperidine rings is 1. The molecule has 3 aromatic rings. The number of rotatable bonds is 5. The molecule has 2 amide bonds. The highest BCUT2D eigenvalue weighted by molar-refractivity contribution is 6.31. The Balaban J connectivity index is 1.41. The number of alkyl halides is 3. The van der Waals surface area contributed by atoms with Crippen molar-refractivity contribution >= 4 is 40.8 Å². The summed E-state index contributed by atoms with van der Waals surface area (Å²) in [4.78, 5) is 34.5. The molecule has 0 radical (unpaired) electrons. The van der Waals surface area contributed by atoms with Gasteiger partial charge < -0.3 is 20.3 Å². The SMILES string of the molecule is Cc1cn2nc([C@@H]3CCCCN3C(=O)c3cc(Cl)ccc3NC(=O)OCC(F)(F)F)cc2nc1N1CCC(N)C1. The van der Waals surface area contributed by atoms with E-state index >= 15 is 0 Å². The van der Waals surface area contributed by atoms with Crippen LogP contribution < -0.4 is 16.0 Å². The molecule has 1 unspecified atom stereocenters. The Morgan fingerprint density at radius 2 is 2.00 bits per heavy atom. The predicted octanol–water partition coefficient (Wildman–Crippen LogP) is 4.71. The largest absolute Gasteiger partial charge is 0.440 e. The number of nitrogens with one attached hydrogen (secondary N) is 1. The molecule has 14 heteroatoms. The average molecular weight is 580 g/mol. The Labute approximate surface area is 233 Å². The molecule has 0 spiro atoms. The lowest BCUT2D eigenvalue weighted by atomic mass is 9.98. The van der Waals surface area contributed by atoms with Gasteiger partial charge in [0.05, 0.1) is 23.0 Å². The number of aromatic nitrogens is 3. The van der Waals surface area contributed by atoms with E-state index in [-0.39, 0.29) is 28.4 Å². The van der Waals surface area contributed by atoms with Crippen molar-refractivity contribution in [1.82, 2.24) is 19.5 Å². The number of halogens is 4. The van der Waals surface area contributed by atoms with Crippen LogP contribution >= 0.6 is 11.6 Å². The first kappa shape index (κ1) is 28.0. The van der Waals surface area contributed by atoms with E-state index in [2.05, 4.69) is 15.0 Å². The van der Waals surface area contributed by atoms with Crippen molar-refractivity contribution in [3.05, 3.63) is 52.3 Å². The molecule has 214 valence electrons. The van der Waals surface area contributed by atoms with Gasteiger partial charge in [0.25, 0.3) is 5.91 Å². The first-order chi connectivity index (χ1) is 19.0. The minimum Gasteiger partial charge on any atom is -0.440 e. The predicted molar refractivity (Wildman–Crippen MR) is 143 cm³/mol. The van der Waals surface area contributed by atoms with Gasteiger partial charge in [-0.15, -0.1) is 0 Å². The molecule has 10 nitrogen and oxygen atoms in total. The molecular formula is C26H29ClF3N7O3. The fourth-order valence-electron chi connectivity index (χ4n) is 5.21. The van der Waals surface area contributed by atoms with E-state index in [1.807, 2.05) is 19.2 Å². The highest BCUT2D eigenvalue weighted by atomic mass is 35.5. The zero-order valence-electron chi connectivity index (χ0n) is 21.7. The molecule has 0 aliphatic carbocycles. The zero-order chi connectivity index (χ0) is 28.6. The molecule has 40 heavy (non-hydrogen) atoms. The molecule has 0 saturated carbocycles. The monoisotopic (exact) mass is 579 g/mol. The van der Waals surface area contributed by atoms with Crippen molar-refractivity contribution in [2.24, 2.45) is 5.73 Å². The minimum atomic E-state index is -4.68. The Morgan fingerprint density at radius 1 is 1.20 bits per heavy atom. The lowest BCUT2D eigenvalue weighted by Gasteiger charge is -2.35. The summed E-state index contributed by atoms with van der Waals surface area (Å²) >= 11 is 6.16. The summed E-state index contributed by atoms with van der Waals surface area (Å²) in [6.45, 7) is 2.20. The van der Waals surface area contributed by atoms with Crippen LogP contribution in [0.2, 0.25) is 5.02 Å². The second-order valence-electron chi connectivity index (χ2n) is 10.1. The van der Waals surface area contributed by atoms with Gasteiger partial charge in [0.1, 0.15) is 5.82 Å². The van der Waals surface area contributed by atoms with E-state index in [9.17, 15) is 22.8 Å². The summed E-state index contributed by atoms with van der Waals surface area (Å²) in [5.74, 6) is 0.418. The lowest BCUT2D eigenvalue weighted by Crippen LogP contribution is -2.39. The van der Waals surface area contributed by atoms with E-state index in [0.29, 0.717) is 24.3 Å². The van der Waals surface area contributed by atoms with E-state index in [1.165, 1.54) is 18.2 Å². The maximum absolute atomic E-state index is 13.8. The van der Waals surface area contributed by atoms with Crippen LogP contribution in [0.5, 0.6) is 0 Å². The molecule has 2 saturated heterocycles. The third-order valence-electron chi connectivity index (χ3n) is 7.07. The maximum atomic E-state index is 13.8. The molecule has 3 N–H and O–H groups in total. The van der Waals surface area contributed by atoms with Gasteiger partial charge in [-0.05, 0) is 50.8 Å². The number of fused-ring (bicyclic) bond motifs is 1. The number of hydrogen-bond acceptors (Lipinski definition) is 7. The molecular weight excluding hydrogens is 551 g/mol. The molecule has 5 rings (SSSR count). The minimum absolute atomic E-state index is 0.00773. The van der Waals surface area contributed by atoms with Gasteiger partial charge >= 0.3 is 12.3 Å². The number of anilines is 2. The zero-order valence-corrected chi connectivity index (χ0v) is 22.5. The third-order valence-corrected chi connectivity index (χ3v) is 7.30. The van der Waals surface area contributed by atoms with Gasteiger partial charge in [-0.1, -0.05) is 11.6 Å². The third kappa shape index (κ3) is 6.09. The number of amides is 2. The summed E-state index contributed by atoms with van der Waals surface area (Å²) in [5.41, 5.74) is 8.38. The molecule has 2 aliphatic rings. The van der Waals surface area contributed by atoms with E-state index in [0.717, 1.165) is 43.7 Å². The number of nitrogens with two attached hydrogens (primary N) is 1. The summed E-state index contributed by atoms with van der Waals surface area (Å²) in [6, 6.07) is 5.74. The number of carbonyl (C=O) groups excluding carboxylic acids is 2. The summed E-state index contributed by atoms with van der Waals surface area (Å²) in [5, 5.41) is 7.20. The highest BCUT2D eigenvalue weighted by Crippen LogP contribution is 2.34. The van der Waals surface area contributed by atoms with Gasteiger partial charge in [-0.3, -0.25) is 10.1 Å². The standard InChI is InChI=1S/C26H29ClF3N7O3/c1-15-12-37-22(33-23(15)35-9-7-17(31)13-35)11-20(34-37)21-4-2-3-8-36(21)24(38)18-10-16(27)5-6-19(18)32-25(39)40-14-26(28,29)30/h5-6,10-12,17,21H,2-4,7-9,13-14,31H2,1H3,(H,32,39)/t17?,21-/m0/s1. The van der Waals surface area contributed by atoms with Crippen LogP contribution in [0.3, 0.4) is 0 Å². The van der Waals surface area contributed by atoms with Gasteiger partial charge in [-0.25, -0.2) is 14.3 Å². The van der Waals surface area contributed by atoms with Gasteiger partial charge in [-0.2, -0.15) is 18.3 Å². The summed E-state index contributed by atoms with van der Waals surface area (Å²) < 4.78 is 43.4. The fraction of sp³-hybridized carbons (Fsp3) is 0.462. The van der Waals surface area contributed by atoms with Crippen molar-refractivity contribution in [2.45, 2.75) is 50.9 Å². The highest BCUT2D eigenvalue weighted by Gasteiger charge is 2.33. The van der Waals surface area contributed by atoms with Crippen LogP contribution in [-0.4, -0.2) is 70.0 Å². The van der Waals surface area contributed by atoms with Crippen LogP contribution in [0.4, 0.5) is 29.5 Å². The second-order valence-corrected chi connectivity index (χ2v) is 10.6. The van der Waals surface area contributed by atoms with Crippen LogP contribution in [0.15, 0.2) is 30.5 Å². The smallest absolute Gasteiger partial charge is 0.422 e. The quantitative estimate of drug-likeness (QED) is 0.449. The maximum Gasteiger partial charge on any atom is 0.422 e. The van der Waals surface area contributed by atoms with Crippen molar-refractivity contribution in [3.63, 3.8) is 0 Å². The number of carbonyl (C=O) groups is 2. The number of likely N-dealkylation sites (tertiary alicyclic amines) is 1. The number of aryl methyl sites for hydroxylation is 1. The number of ether oxygens (including phenoxy) is 1. The molecule has 1 aromatic carbocycles. The van der Waals surface area contributed by atoms with E-state index < -0.39 is 24.8 Å². The van der Waals surface area contributed by atoms with E-state index in [1.54, 1.807) is 9.42 Å².